The Bertz CT molecular complexity index is 889. The number of nitrogens with zero attached hydrogens (tertiary/aromatic N) is 2. The first-order valence-electron chi connectivity index (χ1n) is 9.42. The molecule has 0 bridgehead atoms. The molecule has 1 aromatic carbocycles. The van der Waals surface area contributed by atoms with E-state index in [-0.39, 0.29) is 11.9 Å². The molecule has 0 radical (unpaired) electrons. The van der Waals surface area contributed by atoms with Gasteiger partial charge in [0.2, 0.25) is 0 Å². The molecule has 1 saturated heterocycles. The maximum absolute atomic E-state index is 12.5. The molecule has 0 spiro atoms. The number of ether oxygens (including phenoxy) is 2. The zero-order chi connectivity index (χ0) is 18.3. The largest absolute Gasteiger partial charge is 0.461 e. The Morgan fingerprint density at radius 2 is 2.12 bits per heavy atom. The van der Waals surface area contributed by atoms with Gasteiger partial charge in [-0.15, -0.1) is 0 Å². The molecule has 1 aromatic heterocycles. The molecule has 26 heavy (non-hydrogen) atoms. The Labute approximate surface area is 153 Å². The zero-order valence-electron chi connectivity index (χ0n) is 15.3. The average Bonchev–Trinajstić information content (AvgIpc) is 3.17. The maximum Gasteiger partial charge on any atom is 0.355 e. The second kappa shape index (κ2) is 6.44. The maximum atomic E-state index is 12.5. The van der Waals surface area contributed by atoms with Crippen molar-refractivity contribution in [3.63, 3.8) is 0 Å². The Balaban J connectivity index is 1.83. The van der Waals surface area contributed by atoms with E-state index in [1.165, 1.54) is 5.56 Å². The quantitative estimate of drug-likeness (QED) is 0.781. The predicted molar refractivity (Wildman–Crippen MR) is 98.1 cm³/mol. The van der Waals surface area contributed by atoms with E-state index in [0.29, 0.717) is 18.2 Å². The number of rotatable bonds is 4. The summed E-state index contributed by atoms with van der Waals surface area (Å²) in [5.74, 6) is 0.365. The van der Waals surface area contributed by atoms with E-state index in [1.54, 1.807) is 6.92 Å². The zero-order valence-corrected chi connectivity index (χ0v) is 15.3. The van der Waals surface area contributed by atoms with Crippen LogP contribution in [0.1, 0.15) is 55.1 Å². The van der Waals surface area contributed by atoms with E-state index < -0.39 is 5.54 Å². The summed E-state index contributed by atoms with van der Waals surface area (Å²) in [7, 11) is 0. The molecular weight excluding hydrogens is 328 g/mol. The molecule has 4 rings (SSSR count). The highest BCUT2D eigenvalue weighted by Crippen LogP contribution is 2.52. The van der Waals surface area contributed by atoms with Crippen LogP contribution >= 0.6 is 0 Å². The molecule has 0 amide bonds. The third kappa shape index (κ3) is 2.60. The number of benzene rings is 1. The van der Waals surface area contributed by atoms with Crippen molar-refractivity contribution in [3.05, 3.63) is 35.5 Å². The molecule has 5 nitrogen and oxygen atoms in total. The molecule has 2 aromatic rings. The number of esters is 1. The lowest BCUT2D eigenvalue weighted by molar-refractivity contribution is 0.0512. The second-order valence-electron chi connectivity index (χ2n) is 7.43. The summed E-state index contributed by atoms with van der Waals surface area (Å²) in [6.45, 7) is 5.77. The van der Waals surface area contributed by atoms with E-state index in [0.717, 1.165) is 43.4 Å². The Morgan fingerprint density at radius 1 is 1.38 bits per heavy atom. The van der Waals surface area contributed by atoms with Gasteiger partial charge < -0.3 is 14.0 Å². The highest BCUT2D eigenvalue weighted by molar-refractivity contribution is 5.96. The number of hydrogen-bond donors (Lipinski definition) is 0. The number of fused-ring (bicyclic) bond motifs is 1. The van der Waals surface area contributed by atoms with Crippen molar-refractivity contribution in [2.45, 2.75) is 44.6 Å². The van der Waals surface area contributed by atoms with E-state index in [4.69, 9.17) is 9.47 Å². The van der Waals surface area contributed by atoms with Crippen molar-refractivity contribution in [2.75, 3.05) is 19.8 Å². The molecule has 5 heteroatoms. The minimum atomic E-state index is -0.635. The van der Waals surface area contributed by atoms with Crippen LogP contribution in [0.4, 0.5) is 0 Å². The fourth-order valence-corrected chi connectivity index (χ4v) is 4.23. The van der Waals surface area contributed by atoms with Crippen molar-refractivity contribution in [1.82, 2.24) is 4.57 Å². The van der Waals surface area contributed by atoms with Crippen LogP contribution in [0.5, 0.6) is 0 Å². The molecular formula is C21H24N2O3. The number of carbonyl (C=O) groups excluding carboxylic acids is 1. The lowest BCUT2D eigenvalue weighted by atomic mass is 9.91. The Hall–Kier alpha value is -2.32. The van der Waals surface area contributed by atoms with Crippen LogP contribution in [-0.2, 0) is 15.0 Å². The summed E-state index contributed by atoms with van der Waals surface area (Å²) in [6.07, 6.45) is 2.81. The first kappa shape index (κ1) is 17.1. The van der Waals surface area contributed by atoms with Gasteiger partial charge in [0.05, 0.1) is 18.2 Å². The van der Waals surface area contributed by atoms with Crippen LogP contribution in [0.25, 0.3) is 10.9 Å². The van der Waals surface area contributed by atoms with Gasteiger partial charge >= 0.3 is 5.97 Å². The van der Waals surface area contributed by atoms with Crippen molar-refractivity contribution in [1.29, 1.82) is 5.26 Å². The van der Waals surface area contributed by atoms with Crippen molar-refractivity contribution >= 4 is 16.9 Å². The molecule has 2 fully saturated rings. The average molecular weight is 352 g/mol. The first-order valence-corrected chi connectivity index (χ1v) is 9.42. The highest BCUT2D eigenvalue weighted by atomic mass is 16.5. The van der Waals surface area contributed by atoms with Gasteiger partial charge in [0, 0.05) is 18.6 Å². The van der Waals surface area contributed by atoms with Crippen LogP contribution in [0, 0.1) is 17.2 Å². The summed E-state index contributed by atoms with van der Waals surface area (Å²) in [5.41, 5.74) is 2.07. The highest BCUT2D eigenvalue weighted by Gasteiger charge is 2.55. The van der Waals surface area contributed by atoms with Crippen molar-refractivity contribution in [3.8, 4) is 6.07 Å². The summed E-state index contributed by atoms with van der Waals surface area (Å²) < 4.78 is 12.6. The molecule has 1 aliphatic heterocycles. The van der Waals surface area contributed by atoms with Crippen LogP contribution < -0.4 is 0 Å². The number of aromatic nitrogens is 1. The molecule has 2 aliphatic rings. The van der Waals surface area contributed by atoms with Crippen molar-refractivity contribution < 1.29 is 14.3 Å². The van der Waals surface area contributed by atoms with Gasteiger partial charge in [-0.05, 0) is 61.8 Å². The first-order chi connectivity index (χ1) is 12.6. The van der Waals surface area contributed by atoms with Gasteiger partial charge in [-0.2, -0.15) is 5.26 Å². The molecule has 136 valence electrons. The fraction of sp³-hybridized carbons (Fsp3) is 0.524. The van der Waals surface area contributed by atoms with E-state index in [1.807, 2.05) is 10.6 Å². The van der Waals surface area contributed by atoms with Gasteiger partial charge in [-0.25, -0.2) is 4.79 Å². The lowest BCUT2D eigenvalue weighted by Gasteiger charge is -2.22. The Morgan fingerprint density at radius 3 is 2.73 bits per heavy atom. The van der Waals surface area contributed by atoms with Crippen molar-refractivity contribution in [2.24, 2.45) is 5.92 Å². The van der Waals surface area contributed by atoms with Gasteiger partial charge in [0.1, 0.15) is 11.2 Å². The lowest BCUT2D eigenvalue weighted by Crippen LogP contribution is -2.23. The SMILES string of the molecule is CCOC(=O)c1cc2cc(C3CCOCC3)ccc2n1C1(C#N)C[C@@H]1C. The number of carbonyl (C=O) groups is 1. The van der Waals surface area contributed by atoms with Gasteiger partial charge in [0.25, 0.3) is 0 Å². The van der Waals surface area contributed by atoms with Crippen LogP contribution in [0.2, 0.25) is 0 Å². The molecule has 1 saturated carbocycles. The minimum absolute atomic E-state index is 0.228. The third-order valence-electron chi connectivity index (χ3n) is 5.87. The second-order valence-corrected chi connectivity index (χ2v) is 7.43. The van der Waals surface area contributed by atoms with Crippen LogP contribution in [0.15, 0.2) is 24.3 Å². The standard InChI is InChI=1S/C21H24N2O3/c1-3-26-20(24)19-11-17-10-16(15-6-8-25-9-7-15)4-5-18(17)23(19)21(13-22)12-14(21)2/h4-5,10-11,14-15H,3,6-9,12H2,1-2H3/t14-,21?/m0/s1. The summed E-state index contributed by atoms with van der Waals surface area (Å²) in [5, 5.41) is 10.8. The number of hydrogen-bond acceptors (Lipinski definition) is 4. The van der Waals surface area contributed by atoms with Gasteiger partial charge in [-0.1, -0.05) is 13.0 Å². The van der Waals surface area contributed by atoms with E-state index in [2.05, 4.69) is 31.2 Å². The third-order valence-corrected chi connectivity index (χ3v) is 5.87. The summed E-state index contributed by atoms with van der Waals surface area (Å²) >= 11 is 0. The predicted octanol–water partition coefficient (Wildman–Crippen LogP) is 3.97. The molecule has 1 aliphatic carbocycles. The monoisotopic (exact) mass is 352 g/mol. The van der Waals surface area contributed by atoms with E-state index >= 15 is 0 Å². The van der Waals surface area contributed by atoms with Gasteiger partial charge in [-0.3, -0.25) is 0 Å². The fourth-order valence-electron chi connectivity index (χ4n) is 4.23. The molecule has 2 atom stereocenters. The number of nitriles is 1. The molecule has 2 heterocycles. The molecule has 0 N–H and O–H groups in total. The topological polar surface area (TPSA) is 64.2 Å². The Kier molecular flexibility index (Phi) is 4.24. The van der Waals surface area contributed by atoms with E-state index in [9.17, 15) is 10.1 Å². The van der Waals surface area contributed by atoms with Crippen LogP contribution in [0.3, 0.4) is 0 Å². The minimum Gasteiger partial charge on any atom is -0.461 e. The van der Waals surface area contributed by atoms with Gasteiger partial charge in [0.15, 0.2) is 0 Å². The normalized spacial score (nSPS) is 25.8. The van der Waals surface area contributed by atoms with Crippen LogP contribution in [-0.4, -0.2) is 30.4 Å². The summed E-state index contributed by atoms with van der Waals surface area (Å²) in [6, 6.07) is 10.7. The smallest absolute Gasteiger partial charge is 0.355 e. The summed E-state index contributed by atoms with van der Waals surface area (Å²) in [4.78, 5) is 12.5. The molecule has 1 unspecified atom stereocenters.